The molecular weight excluding hydrogens is 223 g/mol. The van der Waals surface area contributed by atoms with Crippen LogP contribution in [0.2, 0.25) is 0 Å². The van der Waals surface area contributed by atoms with Crippen LogP contribution in [0.5, 0.6) is 0 Å². The highest BCUT2D eigenvalue weighted by Gasteiger charge is 2.39. The summed E-state index contributed by atoms with van der Waals surface area (Å²) >= 11 is 0. The fourth-order valence-corrected chi connectivity index (χ4v) is 2.00. The van der Waals surface area contributed by atoms with Gasteiger partial charge in [-0.2, -0.15) is 0 Å². The Labute approximate surface area is 98.8 Å². The molecule has 0 amide bonds. The van der Waals surface area contributed by atoms with Gasteiger partial charge in [0, 0.05) is 24.3 Å². The topological polar surface area (TPSA) is 61.4 Å². The van der Waals surface area contributed by atoms with Gasteiger partial charge in [0.2, 0.25) is 0 Å². The third-order valence-electron chi connectivity index (χ3n) is 3.08. The molecule has 1 aliphatic heterocycles. The fraction of sp³-hybridized carbons (Fsp3) is 0.417. The second kappa shape index (κ2) is 4.33. The van der Waals surface area contributed by atoms with Crippen LogP contribution in [0.25, 0.3) is 0 Å². The summed E-state index contributed by atoms with van der Waals surface area (Å²) < 4.78 is 13.4. The van der Waals surface area contributed by atoms with Gasteiger partial charge >= 0.3 is 5.97 Å². The van der Waals surface area contributed by atoms with Gasteiger partial charge in [0.25, 0.3) is 0 Å². The number of hydrogen-bond donors (Lipinski definition) is 3. The Hall–Kier alpha value is -1.62. The lowest BCUT2D eigenvalue weighted by Crippen LogP contribution is -2.65. The van der Waals surface area contributed by atoms with E-state index in [9.17, 15) is 9.18 Å². The van der Waals surface area contributed by atoms with Gasteiger partial charge in [0.05, 0.1) is 12.0 Å². The number of halogens is 1. The van der Waals surface area contributed by atoms with E-state index in [1.807, 2.05) is 0 Å². The highest BCUT2D eigenvalue weighted by Crippen LogP contribution is 2.26. The van der Waals surface area contributed by atoms with E-state index in [-0.39, 0.29) is 12.2 Å². The van der Waals surface area contributed by atoms with Gasteiger partial charge in [-0.25, -0.2) is 4.39 Å². The van der Waals surface area contributed by atoms with Gasteiger partial charge in [-0.15, -0.1) is 0 Å². The van der Waals surface area contributed by atoms with Gasteiger partial charge in [-0.05, 0) is 19.1 Å². The predicted molar refractivity (Wildman–Crippen MR) is 62.6 cm³/mol. The fourth-order valence-electron chi connectivity index (χ4n) is 2.00. The van der Waals surface area contributed by atoms with E-state index >= 15 is 0 Å². The van der Waals surface area contributed by atoms with Gasteiger partial charge in [-0.3, -0.25) is 4.79 Å². The van der Waals surface area contributed by atoms with Gasteiger partial charge in [0.15, 0.2) is 0 Å². The molecule has 2 rings (SSSR count). The lowest BCUT2D eigenvalue weighted by atomic mass is 9.88. The number of anilines is 1. The second-order valence-corrected chi connectivity index (χ2v) is 4.49. The number of rotatable bonds is 4. The first kappa shape index (κ1) is 11.9. The molecule has 0 spiro atoms. The summed E-state index contributed by atoms with van der Waals surface area (Å²) in [5, 5.41) is 15.1. The molecule has 0 unspecified atom stereocenters. The first-order valence-electron chi connectivity index (χ1n) is 5.48. The predicted octanol–water partition coefficient (Wildman–Crippen LogP) is 1.36. The first-order chi connectivity index (χ1) is 8.02. The van der Waals surface area contributed by atoms with E-state index in [2.05, 4.69) is 10.6 Å². The third kappa shape index (κ3) is 2.39. The average Bonchev–Trinajstić information content (AvgIpc) is 2.21. The zero-order valence-electron chi connectivity index (χ0n) is 9.59. The van der Waals surface area contributed by atoms with Crippen LogP contribution in [0.3, 0.4) is 0 Å². The van der Waals surface area contributed by atoms with Gasteiger partial charge in [-0.1, -0.05) is 6.07 Å². The molecule has 5 heteroatoms. The first-order valence-corrected chi connectivity index (χ1v) is 5.48. The zero-order chi connectivity index (χ0) is 12.5. The molecule has 1 heterocycles. The van der Waals surface area contributed by atoms with Crippen LogP contribution in [-0.2, 0) is 4.79 Å². The zero-order valence-corrected chi connectivity index (χ0v) is 9.59. The van der Waals surface area contributed by atoms with E-state index < -0.39 is 11.5 Å². The van der Waals surface area contributed by atoms with Crippen molar-refractivity contribution in [3.8, 4) is 0 Å². The molecule has 1 fully saturated rings. The summed E-state index contributed by atoms with van der Waals surface area (Å²) in [6.45, 7) is 2.84. The van der Waals surface area contributed by atoms with Crippen molar-refractivity contribution in [3.05, 3.63) is 29.6 Å². The van der Waals surface area contributed by atoms with Gasteiger partial charge < -0.3 is 15.7 Å². The van der Waals surface area contributed by atoms with E-state index in [4.69, 9.17) is 5.11 Å². The van der Waals surface area contributed by atoms with Crippen LogP contribution in [0.4, 0.5) is 10.1 Å². The Bertz CT molecular complexity index is 444. The molecule has 0 atom stereocenters. The number of aliphatic carboxylic acids is 1. The van der Waals surface area contributed by atoms with Crippen molar-refractivity contribution in [3.63, 3.8) is 0 Å². The Morgan fingerprint density at radius 1 is 1.59 bits per heavy atom. The molecule has 1 saturated heterocycles. The maximum atomic E-state index is 13.4. The average molecular weight is 238 g/mol. The molecule has 0 bridgehead atoms. The Balaban J connectivity index is 2.18. The smallest absolute Gasteiger partial charge is 0.305 e. The van der Waals surface area contributed by atoms with Crippen molar-refractivity contribution in [1.29, 1.82) is 0 Å². The molecule has 1 aromatic carbocycles. The quantitative estimate of drug-likeness (QED) is 0.741. The SMILES string of the molecule is Cc1c(F)cccc1NC1(CC(=O)O)CNC1. The van der Waals surface area contributed by atoms with Crippen molar-refractivity contribution in [2.75, 3.05) is 18.4 Å². The van der Waals surface area contributed by atoms with Crippen LogP contribution >= 0.6 is 0 Å². The molecule has 17 heavy (non-hydrogen) atoms. The van der Waals surface area contributed by atoms with Crippen molar-refractivity contribution in [2.24, 2.45) is 0 Å². The number of hydrogen-bond acceptors (Lipinski definition) is 3. The molecule has 0 saturated carbocycles. The summed E-state index contributed by atoms with van der Waals surface area (Å²) in [5.41, 5.74) is 0.682. The normalized spacial score (nSPS) is 17.3. The number of nitrogens with one attached hydrogen (secondary N) is 2. The molecule has 4 nitrogen and oxygen atoms in total. The molecule has 92 valence electrons. The standard InChI is InChI=1S/C12H15FN2O2/c1-8-9(13)3-2-4-10(8)15-12(5-11(16)17)6-14-7-12/h2-4,14-15H,5-7H2,1H3,(H,16,17). The lowest BCUT2D eigenvalue weighted by molar-refractivity contribution is -0.138. The summed E-state index contributed by atoms with van der Waals surface area (Å²) in [6.07, 6.45) is 0.0238. The lowest BCUT2D eigenvalue weighted by Gasteiger charge is -2.43. The van der Waals surface area contributed by atoms with Crippen molar-refractivity contribution < 1.29 is 14.3 Å². The van der Waals surface area contributed by atoms with Crippen LogP contribution < -0.4 is 10.6 Å². The molecule has 0 aromatic heterocycles. The Morgan fingerprint density at radius 3 is 2.82 bits per heavy atom. The molecule has 0 aliphatic carbocycles. The van der Waals surface area contributed by atoms with Crippen LogP contribution in [-0.4, -0.2) is 29.7 Å². The van der Waals surface area contributed by atoms with Gasteiger partial charge in [0.1, 0.15) is 5.82 Å². The van der Waals surface area contributed by atoms with E-state index in [0.29, 0.717) is 24.3 Å². The molecule has 1 aromatic rings. The van der Waals surface area contributed by atoms with Crippen LogP contribution in [0, 0.1) is 12.7 Å². The third-order valence-corrected chi connectivity index (χ3v) is 3.08. The highest BCUT2D eigenvalue weighted by molar-refractivity contribution is 5.70. The van der Waals surface area contributed by atoms with Crippen molar-refractivity contribution >= 4 is 11.7 Å². The van der Waals surface area contributed by atoms with E-state index in [1.54, 1.807) is 19.1 Å². The number of benzene rings is 1. The minimum absolute atomic E-state index is 0.0238. The number of carboxylic acids is 1. The molecular formula is C12H15FN2O2. The molecule has 3 N–H and O–H groups in total. The summed E-state index contributed by atoms with van der Waals surface area (Å²) in [5.74, 6) is -1.14. The number of carbonyl (C=O) groups is 1. The maximum absolute atomic E-state index is 13.4. The number of carboxylic acid groups (broad SMARTS) is 1. The monoisotopic (exact) mass is 238 g/mol. The maximum Gasteiger partial charge on any atom is 0.305 e. The Morgan fingerprint density at radius 2 is 2.29 bits per heavy atom. The molecule has 1 aliphatic rings. The van der Waals surface area contributed by atoms with Crippen molar-refractivity contribution in [2.45, 2.75) is 18.9 Å². The summed E-state index contributed by atoms with van der Waals surface area (Å²) in [6, 6.07) is 4.77. The van der Waals surface area contributed by atoms with E-state index in [1.165, 1.54) is 6.07 Å². The van der Waals surface area contributed by atoms with E-state index in [0.717, 1.165) is 0 Å². The molecule has 0 radical (unpaired) electrons. The summed E-state index contributed by atoms with van der Waals surface area (Å²) in [4.78, 5) is 10.8. The van der Waals surface area contributed by atoms with Crippen molar-refractivity contribution in [1.82, 2.24) is 5.32 Å². The minimum atomic E-state index is -0.854. The minimum Gasteiger partial charge on any atom is -0.481 e. The van der Waals surface area contributed by atoms with Crippen LogP contribution in [0.15, 0.2) is 18.2 Å². The second-order valence-electron chi connectivity index (χ2n) is 4.49. The van der Waals surface area contributed by atoms with Crippen LogP contribution in [0.1, 0.15) is 12.0 Å². The largest absolute Gasteiger partial charge is 0.481 e. The Kier molecular flexibility index (Phi) is 3.02. The summed E-state index contributed by atoms with van der Waals surface area (Å²) in [7, 11) is 0. The highest BCUT2D eigenvalue weighted by atomic mass is 19.1.